The molecule has 1 fully saturated rings. The van der Waals surface area contributed by atoms with Crippen LogP contribution in [0.2, 0.25) is 5.02 Å². The van der Waals surface area contributed by atoms with Gasteiger partial charge in [0.15, 0.2) is 0 Å². The molecule has 184 valence electrons. The van der Waals surface area contributed by atoms with Crippen molar-refractivity contribution in [3.05, 3.63) is 92.4 Å². The third-order valence-corrected chi connectivity index (χ3v) is 7.27. The van der Waals surface area contributed by atoms with Crippen molar-refractivity contribution >= 4 is 67.3 Å². The van der Waals surface area contributed by atoms with Gasteiger partial charge < -0.3 is 4.18 Å². The molecule has 0 aromatic heterocycles. The summed E-state index contributed by atoms with van der Waals surface area (Å²) in [5, 5.41) is 2.43. The van der Waals surface area contributed by atoms with Gasteiger partial charge in [-0.15, -0.1) is 0 Å². The van der Waals surface area contributed by atoms with Crippen molar-refractivity contribution < 1.29 is 27.0 Å². The molecular weight excluding hydrogens is 572 g/mol. The number of carbonyl (C=O) groups is 3. The minimum atomic E-state index is -4.22. The Bertz CT molecular complexity index is 1550. The van der Waals surface area contributed by atoms with Crippen LogP contribution in [0.3, 0.4) is 0 Å². The highest BCUT2D eigenvalue weighted by Gasteiger charge is 2.37. The summed E-state index contributed by atoms with van der Waals surface area (Å²) in [7, 11) is -4.22. The SMILES string of the molecule is Cc1ccc(S(=O)(=O)Oc2ccc(Br)cc2/C=C2\C(=O)NC(=O)N(c3cc(Cl)ccc3C)C2=O)cc1. The Morgan fingerprint density at radius 1 is 0.972 bits per heavy atom. The molecule has 3 aromatic carbocycles. The number of urea groups is 1. The second-order valence-electron chi connectivity index (χ2n) is 7.92. The number of barbiturate groups is 1. The number of hydrogen-bond acceptors (Lipinski definition) is 6. The molecule has 1 N–H and O–H groups in total. The van der Waals surface area contributed by atoms with E-state index >= 15 is 0 Å². The minimum Gasteiger partial charge on any atom is -0.378 e. The van der Waals surface area contributed by atoms with E-state index in [0.29, 0.717) is 15.1 Å². The van der Waals surface area contributed by atoms with Gasteiger partial charge in [-0.05, 0) is 68.0 Å². The van der Waals surface area contributed by atoms with Crippen molar-refractivity contribution in [2.45, 2.75) is 18.7 Å². The summed E-state index contributed by atoms with van der Waals surface area (Å²) < 4.78 is 31.6. The molecular formula is C25H18BrClN2O6S. The predicted octanol–water partition coefficient (Wildman–Crippen LogP) is 5.15. The molecule has 3 aromatic rings. The fourth-order valence-electron chi connectivity index (χ4n) is 3.43. The van der Waals surface area contributed by atoms with Crippen molar-refractivity contribution in [1.82, 2.24) is 5.32 Å². The van der Waals surface area contributed by atoms with Gasteiger partial charge in [0.2, 0.25) is 0 Å². The fourth-order valence-corrected chi connectivity index (χ4v) is 4.93. The van der Waals surface area contributed by atoms with Crippen LogP contribution >= 0.6 is 27.5 Å². The van der Waals surface area contributed by atoms with Crippen molar-refractivity contribution in [2.75, 3.05) is 4.90 Å². The molecule has 11 heteroatoms. The summed E-state index contributed by atoms with van der Waals surface area (Å²) >= 11 is 9.36. The van der Waals surface area contributed by atoms with Crippen LogP contribution in [0.25, 0.3) is 6.08 Å². The Labute approximate surface area is 220 Å². The van der Waals surface area contributed by atoms with Crippen molar-refractivity contribution in [2.24, 2.45) is 0 Å². The fraction of sp³-hybridized carbons (Fsp3) is 0.0800. The van der Waals surface area contributed by atoms with Gasteiger partial charge >= 0.3 is 16.1 Å². The quantitative estimate of drug-likeness (QED) is 0.250. The van der Waals surface area contributed by atoms with Gasteiger partial charge in [-0.1, -0.05) is 51.3 Å². The number of anilines is 1. The number of nitrogens with one attached hydrogen (secondary N) is 1. The van der Waals surface area contributed by atoms with Gasteiger partial charge in [0.05, 0.1) is 5.69 Å². The van der Waals surface area contributed by atoms with E-state index in [0.717, 1.165) is 10.5 Å². The molecule has 0 aliphatic carbocycles. The number of imide groups is 2. The third kappa shape index (κ3) is 5.20. The van der Waals surface area contributed by atoms with E-state index in [4.69, 9.17) is 15.8 Å². The lowest BCUT2D eigenvalue weighted by Gasteiger charge is -2.27. The molecule has 0 atom stereocenters. The van der Waals surface area contributed by atoms with Crippen LogP contribution in [0.4, 0.5) is 10.5 Å². The van der Waals surface area contributed by atoms with Crippen LogP contribution in [0.5, 0.6) is 5.75 Å². The second kappa shape index (κ2) is 9.88. The molecule has 1 heterocycles. The molecule has 0 radical (unpaired) electrons. The normalized spacial score (nSPS) is 15.3. The third-order valence-electron chi connectivity index (χ3n) is 5.29. The zero-order chi connectivity index (χ0) is 26.2. The number of hydrogen-bond donors (Lipinski definition) is 1. The predicted molar refractivity (Wildman–Crippen MR) is 138 cm³/mol. The highest BCUT2D eigenvalue weighted by molar-refractivity contribution is 9.10. The Morgan fingerprint density at radius 3 is 2.36 bits per heavy atom. The number of carbonyl (C=O) groups excluding carboxylic acids is 3. The van der Waals surface area contributed by atoms with Crippen LogP contribution in [0.1, 0.15) is 16.7 Å². The van der Waals surface area contributed by atoms with Gasteiger partial charge in [0.25, 0.3) is 11.8 Å². The Balaban J connectivity index is 1.77. The Hall–Kier alpha value is -3.47. The van der Waals surface area contributed by atoms with Crippen LogP contribution in [0, 0.1) is 13.8 Å². The lowest BCUT2D eigenvalue weighted by Crippen LogP contribution is -2.54. The molecule has 8 nitrogen and oxygen atoms in total. The van der Waals surface area contributed by atoms with E-state index in [-0.39, 0.29) is 21.9 Å². The molecule has 0 bridgehead atoms. The molecule has 36 heavy (non-hydrogen) atoms. The minimum absolute atomic E-state index is 0.0608. The number of benzene rings is 3. The summed E-state index contributed by atoms with van der Waals surface area (Å²) in [6, 6.07) is 14.3. The molecule has 4 rings (SSSR count). The highest BCUT2D eigenvalue weighted by atomic mass is 79.9. The van der Waals surface area contributed by atoms with Gasteiger partial charge in [0, 0.05) is 15.1 Å². The Kier molecular flexibility index (Phi) is 7.03. The number of nitrogens with zero attached hydrogens (tertiary/aromatic N) is 1. The van der Waals surface area contributed by atoms with Crippen molar-refractivity contribution in [3.8, 4) is 5.75 Å². The average molecular weight is 590 g/mol. The molecule has 1 aliphatic heterocycles. The van der Waals surface area contributed by atoms with Crippen LogP contribution in [-0.4, -0.2) is 26.3 Å². The van der Waals surface area contributed by atoms with E-state index in [9.17, 15) is 22.8 Å². The zero-order valence-electron chi connectivity index (χ0n) is 18.9. The largest absolute Gasteiger partial charge is 0.378 e. The lowest BCUT2D eigenvalue weighted by molar-refractivity contribution is -0.122. The topological polar surface area (TPSA) is 110 Å². The first-order chi connectivity index (χ1) is 17.0. The number of amides is 4. The smallest absolute Gasteiger partial charge is 0.339 e. The maximum atomic E-state index is 13.3. The van der Waals surface area contributed by atoms with E-state index in [2.05, 4.69) is 21.2 Å². The van der Waals surface area contributed by atoms with Gasteiger partial charge in [-0.3, -0.25) is 14.9 Å². The number of rotatable bonds is 5. The maximum Gasteiger partial charge on any atom is 0.339 e. The van der Waals surface area contributed by atoms with Gasteiger partial charge in [-0.25, -0.2) is 9.69 Å². The summed E-state index contributed by atoms with van der Waals surface area (Å²) in [4.78, 5) is 39.2. The molecule has 0 unspecified atom stereocenters. The van der Waals surface area contributed by atoms with Crippen molar-refractivity contribution in [3.63, 3.8) is 0 Å². The molecule has 1 aliphatic rings. The number of halogens is 2. The van der Waals surface area contributed by atoms with Crippen molar-refractivity contribution in [1.29, 1.82) is 0 Å². The molecule has 0 spiro atoms. The van der Waals surface area contributed by atoms with Crippen LogP contribution in [0.15, 0.2) is 75.6 Å². The van der Waals surface area contributed by atoms with E-state index in [1.165, 1.54) is 36.4 Å². The first-order valence-electron chi connectivity index (χ1n) is 10.4. The number of aryl methyl sites for hydroxylation is 2. The highest BCUT2D eigenvalue weighted by Crippen LogP contribution is 2.31. The van der Waals surface area contributed by atoms with Gasteiger partial charge in [0.1, 0.15) is 16.2 Å². The maximum absolute atomic E-state index is 13.3. The zero-order valence-corrected chi connectivity index (χ0v) is 22.1. The van der Waals surface area contributed by atoms with E-state index < -0.39 is 33.5 Å². The van der Waals surface area contributed by atoms with E-state index in [1.807, 2.05) is 6.92 Å². The lowest BCUT2D eigenvalue weighted by atomic mass is 10.1. The first-order valence-corrected chi connectivity index (χ1v) is 13.0. The molecule has 1 saturated heterocycles. The average Bonchev–Trinajstić information content (AvgIpc) is 2.80. The summed E-state index contributed by atoms with van der Waals surface area (Å²) in [6.07, 6.45) is 1.17. The molecule has 0 saturated carbocycles. The summed E-state index contributed by atoms with van der Waals surface area (Å²) in [6.45, 7) is 3.50. The van der Waals surface area contributed by atoms with Crippen LogP contribution < -0.4 is 14.4 Å². The summed E-state index contributed by atoms with van der Waals surface area (Å²) in [5.41, 5.74) is 1.38. The Morgan fingerprint density at radius 2 is 1.67 bits per heavy atom. The molecule has 4 amide bonds. The van der Waals surface area contributed by atoms with E-state index in [1.54, 1.807) is 37.3 Å². The van der Waals surface area contributed by atoms with Gasteiger partial charge in [-0.2, -0.15) is 8.42 Å². The van der Waals surface area contributed by atoms with Crippen LogP contribution in [-0.2, 0) is 19.7 Å². The second-order valence-corrected chi connectivity index (χ2v) is 10.8. The first kappa shape index (κ1) is 25.6. The standard InChI is InChI=1S/C25H18BrClN2O6S/c1-14-3-8-19(9-4-14)36(33,34)35-22-10-6-17(26)11-16(22)12-20-23(30)28-25(32)29(24(20)31)21-13-18(27)7-5-15(21)2/h3-13H,1-2H3,(H,28,30,32)/b20-12+. The monoisotopic (exact) mass is 588 g/mol. The summed E-state index contributed by atoms with van der Waals surface area (Å²) in [5.74, 6) is -1.95.